The van der Waals surface area contributed by atoms with E-state index < -0.39 is 0 Å². The molecule has 29 heavy (non-hydrogen) atoms. The lowest BCUT2D eigenvalue weighted by atomic mass is 9.99. The highest BCUT2D eigenvalue weighted by Gasteiger charge is 2.23. The molecule has 0 N–H and O–H groups in total. The van der Waals surface area contributed by atoms with Crippen molar-refractivity contribution in [1.29, 1.82) is 0 Å². The van der Waals surface area contributed by atoms with Crippen molar-refractivity contribution in [2.24, 2.45) is 5.92 Å². The molecule has 6 nitrogen and oxygen atoms in total. The number of carbonyl (C=O) groups excluding carboxylic acids is 2. The molecular weight excluding hydrogens is 390 g/mol. The minimum absolute atomic E-state index is 0.0877. The van der Waals surface area contributed by atoms with Crippen LogP contribution in [-0.4, -0.2) is 79.4 Å². The molecule has 2 amide bonds. The third-order valence-electron chi connectivity index (χ3n) is 5.90. The number of amides is 2. The molecule has 7 heteroatoms. The highest BCUT2D eigenvalue weighted by atomic mass is 35.5. The van der Waals surface area contributed by atoms with Gasteiger partial charge < -0.3 is 14.5 Å². The first kappa shape index (κ1) is 21.9. The molecule has 0 saturated carbocycles. The van der Waals surface area contributed by atoms with Gasteiger partial charge in [-0.05, 0) is 62.9 Å². The average Bonchev–Trinajstić information content (AvgIpc) is 2.70. The fraction of sp³-hybridized carbons (Fsp3) is 0.636. The van der Waals surface area contributed by atoms with Gasteiger partial charge in [-0.3, -0.25) is 14.5 Å². The van der Waals surface area contributed by atoms with Gasteiger partial charge in [0.05, 0.1) is 18.7 Å². The highest BCUT2D eigenvalue weighted by molar-refractivity contribution is 6.31. The average molecular weight is 422 g/mol. The van der Waals surface area contributed by atoms with E-state index in [1.54, 1.807) is 30.1 Å². The number of hydrogen-bond acceptors (Lipinski definition) is 4. The van der Waals surface area contributed by atoms with Crippen LogP contribution >= 0.6 is 11.6 Å². The first-order valence-electron chi connectivity index (χ1n) is 10.6. The van der Waals surface area contributed by atoms with E-state index in [4.69, 9.17) is 16.3 Å². The zero-order chi connectivity index (χ0) is 20.8. The number of hydrogen-bond donors (Lipinski definition) is 0. The Morgan fingerprint density at radius 1 is 1.14 bits per heavy atom. The smallest absolute Gasteiger partial charge is 0.257 e. The minimum atomic E-state index is -0.0877. The maximum absolute atomic E-state index is 12.9. The van der Waals surface area contributed by atoms with Crippen molar-refractivity contribution >= 4 is 23.4 Å². The van der Waals surface area contributed by atoms with Gasteiger partial charge in [-0.1, -0.05) is 18.5 Å². The molecule has 2 aliphatic heterocycles. The number of halogens is 1. The predicted molar refractivity (Wildman–Crippen MR) is 115 cm³/mol. The van der Waals surface area contributed by atoms with Crippen LogP contribution in [-0.2, 0) is 4.79 Å². The van der Waals surface area contributed by atoms with Gasteiger partial charge in [0.2, 0.25) is 5.91 Å². The molecule has 1 aromatic rings. The predicted octanol–water partition coefficient (Wildman–Crippen LogP) is 3.15. The molecule has 160 valence electrons. The number of carbonyl (C=O) groups is 2. The SMILES string of the molecule is CC1CCN(CC(=O)N2CCCCN(C)C(=O)c3cc(Cl)ccc3OCC2)CC1. The van der Waals surface area contributed by atoms with Gasteiger partial charge in [0.1, 0.15) is 12.4 Å². The van der Waals surface area contributed by atoms with Gasteiger partial charge in [0, 0.05) is 25.2 Å². The van der Waals surface area contributed by atoms with Gasteiger partial charge in [-0.15, -0.1) is 0 Å². The monoisotopic (exact) mass is 421 g/mol. The molecule has 0 atom stereocenters. The van der Waals surface area contributed by atoms with E-state index in [2.05, 4.69) is 11.8 Å². The Morgan fingerprint density at radius 3 is 2.62 bits per heavy atom. The largest absolute Gasteiger partial charge is 0.491 e. The normalized spacial score (nSPS) is 20.4. The van der Waals surface area contributed by atoms with Crippen molar-refractivity contribution in [3.05, 3.63) is 28.8 Å². The lowest BCUT2D eigenvalue weighted by molar-refractivity contribution is -0.133. The third-order valence-corrected chi connectivity index (χ3v) is 6.13. The molecule has 0 radical (unpaired) electrons. The number of ether oxygens (including phenoxy) is 1. The summed E-state index contributed by atoms with van der Waals surface area (Å²) in [6.07, 6.45) is 4.04. The van der Waals surface area contributed by atoms with Gasteiger partial charge in [0.25, 0.3) is 5.91 Å². The number of piperidine rings is 1. The fourth-order valence-corrected chi connectivity index (χ4v) is 4.06. The second-order valence-corrected chi connectivity index (χ2v) is 8.70. The Kier molecular flexibility index (Phi) is 7.78. The summed E-state index contributed by atoms with van der Waals surface area (Å²) in [4.78, 5) is 31.5. The number of rotatable bonds is 2. The van der Waals surface area contributed by atoms with Crippen LogP contribution in [0.15, 0.2) is 18.2 Å². The van der Waals surface area contributed by atoms with Crippen molar-refractivity contribution in [3.63, 3.8) is 0 Å². The number of nitrogens with zero attached hydrogens (tertiary/aromatic N) is 3. The van der Waals surface area contributed by atoms with E-state index >= 15 is 0 Å². The van der Waals surface area contributed by atoms with Crippen molar-refractivity contribution in [1.82, 2.24) is 14.7 Å². The van der Waals surface area contributed by atoms with Crippen LogP contribution in [0.5, 0.6) is 5.75 Å². The Bertz CT molecular complexity index is 719. The summed E-state index contributed by atoms with van der Waals surface area (Å²) >= 11 is 6.10. The second kappa shape index (κ2) is 10.3. The Labute approximate surface area is 178 Å². The third kappa shape index (κ3) is 6.09. The molecule has 3 rings (SSSR count). The number of fused-ring (bicyclic) bond motifs is 1. The summed E-state index contributed by atoms with van der Waals surface area (Å²) in [6, 6.07) is 5.11. The minimum Gasteiger partial charge on any atom is -0.491 e. The number of benzene rings is 1. The summed E-state index contributed by atoms with van der Waals surface area (Å²) in [5.74, 6) is 1.35. The topological polar surface area (TPSA) is 53.1 Å². The molecular formula is C22H32ClN3O3. The molecule has 0 spiro atoms. The standard InChI is InChI=1S/C22H32ClN3O3/c1-17-7-11-25(12-8-17)16-21(27)26-10-4-3-9-24(2)22(28)19-15-18(23)5-6-20(19)29-14-13-26/h5-6,15,17H,3-4,7-14,16H2,1-2H3. The molecule has 1 fully saturated rings. The van der Waals surface area contributed by atoms with E-state index in [0.717, 1.165) is 44.7 Å². The molecule has 1 saturated heterocycles. The van der Waals surface area contributed by atoms with Crippen LogP contribution in [0.4, 0.5) is 0 Å². The van der Waals surface area contributed by atoms with Crippen molar-refractivity contribution in [3.8, 4) is 5.75 Å². The van der Waals surface area contributed by atoms with Gasteiger partial charge >= 0.3 is 0 Å². The van der Waals surface area contributed by atoms with Crippen molar-refractivity contribution in [2.45, 2.75) is 32.6 Å². The molecule has 0 unspecified atom stereocenters. The Hall–Kier alpha value is -1.79. The summed E-state index contributed by atoms with van der Waals surface area (Å²) in [5, 5.41) is 0.508. The number of likely N-dealkylation sites (tertiary alicyclic amines) is 1. The zero-order valence-electron chi connectivity index (χ0n) is 17.5. The van der Waals surface area contributed by atoms with Crippen LogP contribution in [0.25, 0.3) is 0 Å². The summed E-state index contributed by atoms with van der Waals surface area (Å²) in [7, 11) is 1.79. The van der Waals surface area contributed by atoms with Crippen LogP contribution in [0, 0.1) is 5.92 Å². The van der Waals surface area contributed by atoms with Crippen molar-refractivity contribution in [2.75, 3.05) is 52.9 Å². The maximum Gasteiger partial charge on any atom is 0.257 e. The quantitative estimate of drug-likeness (QED) is 0.736. The van der Waals surface area contributed by atoms with Gasteiger partial charge in [-0.25, -0.2) is 0 Å². The molecule has 0 bridgehead atoms. The van der Waals surface area contributed by atoms with Gasteiger partial charge in [0.15, 0.2) is 0 Å². The first-order valence-corrected chi connectivity index (χ1v) is 11.0. The van der Waals surface area contributed by atoms with Crippen LogP contribution in [0.2, 0.25) is 5.02 Å². The summed E-state index contributed by atoms with van der Waals surface area (Å²) in [6.45, 7) is 6.97. The lowest BCUT2D eigenvalue weighted by Gasteiger charge is -2.32. The van der Waals surface area contributed by atoms with Gasteiger partial charge in [-0.2, -0.15) is 0 Å². The molecule has 0 aliphatic carbocycles. The van der Waals surface area contributed by atoms with E-state index in [0.29, 0.717) is 49.1 Å². The highest BCUT2D eigenvalue weighted by Crippen LogP contribution is 2.25. The van der Waals surface area contributed by atoms with Crippen LogP contribution < -0.4 is 4.74 Å². The zero-order valence-corrected chi connectivity index (χ0v) is 18.3. The molecule has 2 heterocycles. The van der Waals surface area contributed by atoms with Crippen molar-refractivity contribution < 1.29 is 14.3 Å². The van der Waals surface area contributed by atoms with E-state index in [1.165, 1.54) is 0 Å². The van der Waals surface area contributed by atoms with Crippen LogP contribution in [0.1, 0.15) is 43.0 Å². The Morgan fingerprint density at radius 2 is 1.86 bits per heavy atom. The Balaban J connectivity index is 1.66. The van der Waals surface area contributed by atoms with E-state index in [1.807, 2.05) is 4.90 Å². The summed E-state index contributed by atoms with van der Waals surface area (Å²) < 4.78 is 5.90. The fourth-order valence-electron chi connectivity index (χ4n) is 3.89. The van der Waals surface area contributed by atoms with Crippen LogP contribution in [0.3, 0.4) is 0 Å². The molecule has 2 aliphatic rings. The second-order valence-electron chi connectivity index (χ2n) is 8.26. The lowest BCUT2D eigenvalue weighted by Crippen LogP contribution is -2.45. The summed E-state index contributed by atoms with van der Waals surface area (Å²) in [5.41, 5.74) is 0.473. The van der Waals surface area contributed by atoms with E-state index in [-0.39, 0.29) is 11.8 Å². The maximum atomic E-state index is 12.9. The molecule has 0 aromatic heterocycles. The van der Waals surface area contributed by atoms with E-state index in [9.17, 15) is 9.59 Å². The molecule has 1 aromatic carbocycles. The first-order chi connectivity index (χ1) is 13.9.